The number of H-pyrrole nitrogens is 2. The maximum absolute atomic E-state index is 12.6. The Kier molecular flexibility index (Phi) is 5.04. The molecule has 7 rings (SSSR count). The van der Waals surface area contributed by atoms with E-state index in [-0.39, 0.29) is 5.91 Å². The van der Waals surface area contributed by atoms with Crippen LogP contribution in [-0.2, 0) is 0 Å². The van der Waals surface area contributed by atoms with Crippen LogP contribution in [-0.4, -0.2) is 36.0 Å². The molecule has 0 spiro atoms. The van der Waals surface area contributed by atoms with E-state index >= 15 is 0 Å². The number of furan rings is 1. The van der Waals surface area contributed by atoms with Gasteiger partial charge in [0.25, 0.3) is 5.91 Å². The fourth-order valence-electron chi connectivity index (χ4n) is 4.54. The SMILES string of the molecule is O=C(Nc1cncc(-c2cnc3[nH]nc(-c4cc5c(-c6ccoc6)nccc5[nH]4)c3c2)c1)c1ccccc1. The van der Waals surface area contributed by atoms with Gasteiger partial charge in [0.2, 0.25) is 0 Å². The van der Waals surface area contributed by atoms with Gasteiger partial charge in [0.1, 0.15) is 5.69 Å². The number of anilines is 1. The molecule has 6 aromatic heterocycles. The van der Waals surface area contributed by atoms with E-state index in [1.165, 1.54) is 0 Å². The Hall–Kier alpha value is -5.57. The van der Waals surface area contributed by atoms with E-state index in [1.807, 2.05) is 48.5 Å². The average Bonchev–Trinajstić information content (AvgIpc) is 3.73. The number of carbonyl (C=O) groups excluding carboxylic acids is 1. The lowest BCUT2D eigenvalue weighted by atomic mass is 10.1. The monoisotopic (exact) mass is 497 g/mol. The number of benzene rings is 1. The first-order valence-electron chi connectivity index (χ1n) is 11.9. The Labute approximate surface area is 215 Å². The summed E-state index contributed by atoms with van der Waals surface area (Å²) in [6.07, 6.45) is 10.2. The minimum Gasteiger partial charge on any atom is -0.472 e. The second kappa shape index (κ2) is 8.82. The number of amides is 1. The topological polar surface area (TPSA) is 125 Å². The number of hydrogen-bond acceptors (Lipinski definition) is 6. The molecule has 38 heavy (non-hydrogen) atoms. The molecule has 0 saturated heterocycles. The average molecular weight is 498 g/mol. The Morgan fingerprint density at radius 1 is 0.842 bits per heavy atom. The number of fused-ring (bicyclic) bond motifs is 2. The van der Waals surface area contributed by atoms with Crippen LogP contribution >= 0.6 is 0 Å². The number of rotatable bonds is 5. The fourth-order valence-corrected chi connectivity index (χ4v) is 4.54. The molecule has 0 atom stereocenters. The van der Waals surface area contributed by atoms with E-state index in [4.69, 9.17) is 4.42 Å². The van der Waals surface area contributed by atoms with Crippen LogP contribution in [0.4, 0.5) is 5.69 Å². The predicted octanol–water partition coefficient (Wildman–Crippen LogP) is 6.08. The number of carbonyl (C=O) groups is 1. The van der Waals surface area contributed by atoms with E-state index < -0.39 is 0 Å². The van der Waals surface area contributed by atoms with Gasteiger partial charge >= 0.3 is 0 Å². The van der Waals surface area contributed by atoms with Crippen molar-refractivity contribution in [2.75, 3.05) is 5.32 Å². The molecule has 1 aromatic carbocycles. The molecular formula is C29H19N7O2. The van der Waals surface area contributed by atoms with Gasteiger partial charge in [-0.3, -0.25) is 19.9 Å². The minimum atomic E-state index is -0.196. The molecule has 1 amide bonds. The largest absolute Gasteiger partial charge is 0.472 e. The summed E-state index contributed by atoms with van der Waals surface area (Å²) >= 11 is 0. The number of hydrogen-bond donors (Lipinski definition) is 3. The van der Waals surface area contributed by atoms with Gasteiger partial charge in [-0.1, -0.05) is 18.2 Å². The maximum Gasteiger partial charge on any atom is 0.255 e. The van der Waals surface area contributed by atoms with Crippen LogP contribution < -0.4 is 5.32 Å². The lowest BCUT2D eigenvalue weighted by Crippen LogP contribution is -2.11. The predicted molar refractivity (Wildman–Crippen MR) is 144 cm³/mol. The molecular weight excluding hydrogens is 478 g/mol. The minimum absolute atomic E-state index is 0.196. The van der Waals surface area contributed by atoms with Gasteiger partial charge in [0.05, 0.1) is 35.8 Å². The highest BCUT2D eigenvalue weighted by molar-refractivity contribution is 6.04. The molecule has 9 nitrogen and oxygen atoms in total. The van der Waals surface area contributed by atoms with Gasteiger partial charge in [0, 0.05) is 57.1 Å². The van der Waals surface area contributed by atoms with Crippen LogP contribution in [0.2, 0.25) is 0 Å². The Bertz CT molecular complexity index is 1920. The molecule has 3 N–H and O–H groups in total. The third kappa shape index (κ3) is 3.79. The maximum atomic E-state index is 12.6. The second-order valence-corrected chi connectivity index (χ2v) is 8.79. The lowest BCUT2D eigenvalue weighted by Gasteiger charge is -2.07. The zero-order valence-electron chi connectivity index (χ0n) is 19.8. The summed E-state index contributed by atoms with van der Waals surface area (Å²) in [6.45, 7) is 0. The molecule has 0 aliphatic heterocycles. The summed E-state index contributed by atoms with van der Waals surface area (Å²) in [4.78, 5) is 29.5. The van der Waals surface area contributed by atoms with Crippen LogP contribution in [0.1, 0.15) is 10.4 Å². The molecule has 0 fully saturated rings. The molecule has 182 valence electrons. The summed E-state index contributed by atoms with van der Waals surface area (Å²) in [6, 6.07) is 18.8. The molecule has 0 unspecified atom stereocenters. The quantitative estimate of drug-likeness (QED) is 0.265. The molecule has 7 aromatic rings. The van der Waals surface area contributed by atoms with Crippen LogP contribution in [0.5, 0.6) is 0 Å². The van der Waals surface area contributed by atoms with Crippen LogP contribution in [0.15, 0.2) is 102 Å². The third-order valence-electron chi connectivity index (χ3n) is 6.38. The number of nitrogens with zero attached hydrogens (tertiary/aromatic N) is 4. The van der Waals surface area contributed by atoms with Crippen molar-refractivity contribution in [2.45, 2.75) is 0 Å². The summed E-state index contributed by atoms with van der Waals surface area (Å²) in [5.41, 5.74) is 7.76. The first kappa shape index (κ1) is 21.7. The summed E-state index contributed by atoms with van der Waals surface area (Å²) < 4.78 is 5.26. The van der Waals surface area contributed by atoms with E-state index in [0.29, 0.717) is 16.9 Å². The Morgan fingerprint density at radius 2 is 1.74 bits per heavy atom. The van der Waals surface area contributed by atoms with Crippen molar-refractivity contribution in [2.24, 2.45) is 0 Å². The molecule has 0 saturated carbocycles. The summed E-state index contributed by atoms with van der Waals surface area (Å²) in [5, 5.41) is 12.3. The Morgan fingerprint density at radius 3 is 2.61 bits per heavy atom. The molecule has 6 heterocycles. The van der Waals surface area contributed by atoms with Crippen molar-refractivity contribution in [1.29, 1.82) is 0 Å². The number of pyridine rings is 3. The zero-order chi connectivity index (χ0) is 25.5. The molecule has 0 radical (unpaired) electrons. The van der Waals surface area contributed by atoms with Crippen LogP contribution in [0.3, 0.4) is 0 Å². The van der Waals surface area contributed by atoms with Crippen molar-refractivity contribution in [3.63, 3.8) is 0 Å². The van der Waals surface area contributed by atoms with Gasteiger partial charge in [-0.05, 0) is 42.5 Å². The van der Waals surface area contributed by atoms with Crippen LogP contribution in [0.25, 0.3) is 55.7 Å². The van der Waals surface area contributed by atoms with E-state index in [2.05, 4.69) is 35.5 Å². The van der Waals surface area contributed by atoms with Gasteiger partial charge in [-0.25, -0.2) is 4.98 Å². The number of nitrogens with one attached hydrogen (secondary N) is 3. The standard InChI is InChI=1S/C29H19N7O2/c37-29(17-4-2-1-3-5-17)33-21-10-19(13-30-15-21)20-11-23-27(35-36-28(23)32-14-20)25-12-22-24(34-25)6-8-31-26(22)18-7-9-38-16-18/h1-16,34H,(H,33,37)(H,32,35,36). The van der Waals surface area contributed by atoms with Crippen molar-refractivity contribution in [3.05, 3.63) is 104 Å². The zero-order valence-corrected chi connectivity index (χ0v) is 19.8. The van der Waals surface area contributed by atoms with Gasteiger partial charge in [0.15, 0.2) is 5.65 Å². The highest BCUT2D eigenvalue weighted by atomic mass is 16.3. The summed E-state index contributed by atoms with van der Waals surface area (Å²) in [5.74, 6) is -0.196. The first-order chi connectivity index (χ1) is 18.7. The number of aromatic amines is 2. The van der Waals surface area contributed by atoms with E-state index in [0.717, 1.165) is 50.1 Å². The van der Waals surface area contributed by atoms with E-state index in [1.54, 1.807) is 49.4 Å². The van der Waals surface area contributed by atoms with Crippen molar-refractivity contribution in [1.82, 2.24) is 30.1 Å². The number of aromatic nitrogens is 6. The highest BCUT2D eigenvalue weighted by Crippen LogP contribution is 2.34. The van der Waals surface area contributed by atoms with Gasteiger partial charge in [-0.15, -0.1) is 0 Å². The molecule has 9 heteroatoms. The van der Waals surface area contributed by atoms with Crippen LogP contribution in [0, 0.1) is 0 Å². The first-order valence-corrected chi connectivity index (χ1v) is 11.9. The second-order valence-electron chi connectivity index (χ2n) is 8.79. The van der Waals surface area contributed by atoms with Crippen molar-refractivity contribution < 1.29 is 9.21 Å². The summed E-state index contributed by atoms with van der Waals surface area (Å²) in [7, 11) is 0. The third-order valence-corrected chi connectivity index (χ3v) is 6.38. The lowest BCUT2D eigenvalue weighted by molar-refractivity contribution is 0.102. The normalized spacial score (nSPS) is 11.3. The Balaban J connectivity index is 1.25. The van der Waals surface area contributed by atoms with Gasteiger partial charge in [-0.2, -0.15) is 5.10 Å². The molecule has 0 bridgehead atoms. The van der Waals surface area contributed by atoms with E-state index in [9.17, 15) is 4.79 Å². The van der Waals surface area contributed by atoms with Gasteiger partial charge < -0.3 is 14.7 Å². The highest BCUT2D eigenvalue weighted by Gasteiger charge is 2.16. The van der Waals surface area contributed by atoms with Crippen molar-refractivity contribution >= 4 is 33.5 Å². The van der Waals surface area contributed by atoms with Crippen molar-refractivity contribution in [3.8, 4) is 33.8 Å². The molecule has 0 aliphatic carbocycles. The fraction of sp³-hybridized carbons (Fsp3) is 0. The molecule has 0 aliphatic rings. The smallest absolute Gasteiger partial charge is 0.255 e.